The minimum Gasteiger partial charge on any atom is -0.484 e. The third kappa shape index (κ3) is 7.79. The van der Waals surface area contributed by atoms with Crippen LogP contribution < -0.4 is 15.0 Å². The van der Waals surface area contributed by atoms with Gasteiger partial charge in [-0.15, -0.1) is 0 Å². The van der Waals surface area contributed by atoms with Crippen molar-refractivity contribution in [3.8, 4) is 5.75 Å². The van der Waals surface area contributed by atoms with E-state index in [1.165, 1.54) is 12.8 Å². The number of amides is 2. The van der Waals surface area contributed by atoms with Crippen LogP contribution in [0.15, 0.2) is 48.5 Å². The van der Waals surface area contributed by atoms with Gasteiger partial charge in [0.15, 0.2) is 6.61 Å². The summed E-state index contributed by atoms with van der Waals surface area (Å²) in [4.78, 5) is 30.5. The molecule has 2 amide bonds. The van der Waals surface area contributed by atoms with Crippen molar-refractivity contribution in [3.63, 3.8) is 0 Å². The summed E-state index contributed by atoms with van der Waals surface area (Å²) in [5.41, 5.74) is 2.49. The van der Waals surface area contributed by atoms with E-state index >= 15 is 0 Å². The monoisotopic (exact) mass is 507 g/mol. The molecule has 37 heavy (non-hydrogen) atoms. The predicted molar refractivity (Wildman–Crippen MR) is 146 cm³/mol. The molecule has 1 saturated heterocycles. The minimum atomic E-state index is -0.0767. The molecule has 7 nitrogen and oxygen atoms in total. The summed E-state index contributed by atoms with van der Waals surface area (Å²) < 4.78 is 5.79. The summed E-state index contributed by atoms with van der Waals surface area (Å²) in [6.07, 6.45) is 8.17. The molecule has 0 atom stereocenters. The lowest BCUT2D eigenvalue weighted by Crippen LogP contribution is -2.39. The maximum Gasteiger partial charge on any atom is 0.264 e. The molecule has 2 aromatic rings. The van der Waals surface area contributed by atoms with Crippen molar-refractivity contribution in [1.82, 2.24) is 10.2 Å². The molecular formula is C30H41N3O4. The maximum atomic E-state index is 13.4. The first-order chi connectivity index (χ1) is 18.2. The Labute approximate surface area is 220 Å². The van der Waals surface area contributed by atoms with Crippen molar-refractivity contribution in [2.45, 2.75) is 57.9 Å². The number of hydrogen-bond acceptors (Lipinski definition) is 5. The van der Waals surface area contributed by atoms with Gasteiger partial charge in [0, 0.05) is 44.0 Å². The number of carbonyl (C=O) groups excluding carboxylic acids is 2. The van der Waals surface area contributed by atoms with E-state index in [9.17, 15) is 14.7 Å². The zero-order chi connectivity index (χ0) is 25.9. The van der Waals surface area contributed by atoms with Gasteiger partial charge >= 0.3 is 0 Å². The number of likely N-dealkylation sites (tertiary alicyclic amines) is 1. The van der Waals surface area contributed by atoms with Crippen LogP contribution in [0, 0.1) is 5.92 Å². The van der Waals surface area contributed by atoms with Crippen molar-refractivity contribution in [1.29, 1.82) is 0 Å². The van der Waals surface area contributed by atoms with Gasteiger partial charge in [0.25, 0.3) is 11.8 Å². The number of hydrogen-bond donors (Lipinski definition) is 2. The van der Waals surface area contributed by atoms with E-state index in [-0.39, 0.29) is 25.0 Å². The van der Waals surface area contributed by atoms with Gasteiger partial charge in [-0.25, -0.2) is 0 Å². The zero-order valence-electron chi connectivity index (χ0n) is 21.9. The van der Waals surface area contributed by atoms with E-state index in [1.54, 1.807) is 0 Å². The number of aliphatic hydroxyl groups is 1. The Morgan fingerprint density at radius 1 is 0.946 bits per heavy atom. The van der Waals surface area contributed by atoms with Crippen molar-refractivity contribution in [2.75, 3.05) is 44.3 Å². The van der Waals surface area contributed by atoms with Crippen molar-refractivity contribution >= 4 is 17.5 Å². The standard InChI is InChI=1S/C30H41N3O4/c34-20-15-24-13-18-32(19-14-24)30(36)25-11-12-28-26(21-25)22-31-16-7-2-1-3-8-17-33(28)29(35)23-37-27-9-5-4-6-10-27/h4-6,9-12,21,24,31,34H,1-3,7-8,13-20,22-23H2. The molecule has 0 saturated carbocycles. The van der Waals surface area contributed by atoms with Crippen molar-refractivity contribution in [2.24, 2.45) is 5.92 Å². The molecule has 0 spiro atoms. The van der Waals surface area contributed by atoms with Crippen molar-refractivity contribution in [3.05, 3.63) is 59.7 Å². The number of anilines is 1. The first-order valence-corrected chi connectivity index (χ1v) is 13.9. The molecule has 0 radical (unpaired) electrons. The third-order valence-corrected chi connectivity index (χ3v) is 7.51. The van der Waals surface area contributed by atoms with Crippen LogP contribution in [0.4, 0.5) is 5.69 Å². The van der Waals surface area contributed by atoms with Crippen LogP contribution in [0.3, 0.4) is 0 Å². The van der Waals surface area contributed by atoms with Crippen LogP contribution in [0.1, 0.15) is 67.3 Å². The molecule has 0 aromatic heterocycles. The van der Waals surface area contributed by atoms with Crippen LogP contribution in [0.25, 0.3) is 0 Å². The lowest BCUT2D eigenvalue weighted by atomic mass is 9.93. The van der Waals surface area contributed by atoms with Gasteiger partial charge in [0.05, 0.1) is 0 Å². The van der Waals surface area contributed by atoms with Crippen LogP contribution in [-0.4, -0.2) is 61.2 Å². The first-order valence-electron chi connectivity index (χ1n) is 13.9. The molecule has 0 bridgehead atoms. The van der Waals surface area contributed by atoms with E-state index in [0.717, 1.165) is 69.4 Å². The second-order valence-electron chi connectivity index (χ2n) is 10.2. The molecule has 1 fully saturated rings. The Bertz CT molecular complexity index is 1010. The van der Waals surface area contributed by atoms with Crippen LogP contribution in [0.5, 0.6) is 5.75 Å². The number of aliphatic hydroxyl groups excluding tert-OH is 1. The summed E-state index contributed by atoms with van der Waals surface area (Å²) in [6.45, 7) is 3.79. The van der Waals surface area contributed by atoms with Crippen molar-refractivity contribution < 1.29 is 19.4 Å². The van der Waals surface area contributed by atoms with Gasteiger partial charge in [-0.1, -0.05) is 37.5 Å². The van der Waals surface area contributed by atoms with Gasteiger partial charge < -0.3 is 25.0 Å². The summed E-state index contributed by atoms with van der Waals surface area (Å²) in [6, 6.07) is 15.2. The highest BCUT2D eigenvalue weighted by molar-refractivity contribution is 5.98. The second kappa shape index (κ2) is 14.1. The summed E-state index contributed by atoms with van der Waals surface area (Å²) in [5, 5.41) is 12.8. The van der Waals surface area contributed by atoms with Gasteiger partial charge in [-0.05, 0) is 80.5 Å². The second-order valence-corrected chi connectivity index (χ2v) is 10.2. The lowest BCUT2D eigenvalue weighted by Gasteiger charge is -2.32. The lowest BCUT2D eigenvalue weighted by molar-refractivity contribution is -0.120. The highest BCUT2D eigenvalue weighted by atomic mass is 16.5. The minimum absolute atomic E-state index is 0.0274. The quantitative estimate of drug-likeness (QED) is 0.606. The molecule has 0 unspecified atom stereocenters. The molecule has 2 aromatic carbocycles. The number of carbonyl (C=O) groups is 2. The number of rotatable bonds is 6. The summed E-state index contributed by atoms with van der Waals surface area (Å²) in [7, 11) is 0. The van der Waals surface area contributed by atoms with Crippen LogP contribution in [0.2, 0.25) is 0 Å². The smallest absolute Gasteiger partial charge is 0.264 e. The number of nitrogens with zero attached hydrogens (tertiary/aromatic N) is 2. The molecule has 0 aliphatic carbocycles. The Kier molecular flexibility index (Phi) is 10.4. The first kappa shape index (κ1) is 27.1. The van der Waals surface area contributed by atoms with E-state index in [0.29, 0.717) is 30.3 Å². The highest BCUT2D eigenvalue weighted by Crippen LogP contribution is 2.27. The molecule has 2 N–H and O–H groups in total. The molecule has 4 rings (SSSR count). The Hall–Kier alpha value is -2.90. The summed E-state index contributed by atoms with van der Waals surface area (Å²) in [5.74, 6) is 1.14. The fourth-order valence-corrected chi connectivity index (χ4v) is 5.31. The van der Waals surface area contributed by atoms with Crippen LogP contribution >= 0.6 is 0 Å². The van der Waals surface area contributed by atoms with Gasteiger partial charge in [0.1, 0.15) is 5.75 Å². The predicted octanol–water partition coefficient (Wildman–Crippen LogP) is 4.39. The highest BCUT2D eigenvalue weighted by Gasteiger charge is 2.25. The van der Waals surface area contributed by atoms with Gasteiger partial charge in [-0.3, -0.25) is 9.59 Å². The number of para-hydroxylation sites is 1. The number of nitrogens with one attached hydrogen (secondary N) is 1. The molecule has 2 heterocycles. The van der Waals surface area contributed by atoms with E-state index < -0.39 is 0 Å². The number of benzene rings is 2. The third-order valence-electron chi connectivity index (χ3n) is 7.51. The number of fused-ring (bicyclic) bond motifs is 1. The zero-order valence-corrected chi connectivity index (χ0v) is 21.9. The Morgan fingerprint density at radius 3 is 2.49 bits per heavy atom. The number of ether oxygens (including phenoxy) is 1. The topological polar surface area (TPSA) is 82.1 Å². The molecule has 2 aliphatic rings. The molecule has 2 aliphatic heterocycles. The normalized spacial score (nSPS) is 17.9. The Balaban J connectivity index is 1.53. The molecular weight excluding hydrogens is 466 g/mol. The molecule has 200 valence electrons. The maximum absolute atomic E-state index is 13.4. The summed E-state index contributed by atoms with van der Waals surface area (Å²) >= 11 is 0. The SMILES string of the molecule is O=C(c1ccc2c(c1)CNCCCCCCCN2C(=O)COc1ccccc1)N1CCC(CCO)CC1. The van der Waals surface area contributed by atoms with E-state index in [4.69, 9.17) is 4.74 Å². The number of piperidine rings is 1. The van der Waals surface area contributed by atoms with E-state index in [1.807, 2.05) is 58.3 Å². The fraction of sp³-hybridized carbons (Fsp3) is 0.533. The Morgan fingerprint density at radius 2 is 1.70 bits per heavy atom. The molecule has 7 heteroatoms. The largest absolute Gasteiger partial charge is 0.484 e. The fourth-order valence-electron chi connectivity index (χ4n) is 5.31. The average molecular weight is 508 g/mol. The van der Waals surface area contributed by atoms with E-state index in [2.05, 4.69) is 5.32 Å². The van der Waals surface area contributed by atoms with Crippen LogP contribution in [-0.2, 0) is 11.3 Å². The average Bonchev–Trinajstić information content (AvgIpc) is 2.93. The van der Waals surface area contributed by atoms with Gasteiger partial charge in [0.2, 0.25) is 0 Å². The van der Waals surface area contributed by atoms with Gasteiger partial charge in [-0.2, -0.15) is 0 Å².